The van der Waals surface area contributed by atoms with E-state index >= 15 is 0 Å². The molecule has 3 heteroatoms. The molecule has 0 bridgehead atoms. The first kappa shape index (κ1) is 11.6. The molecule has 0 aliphatic carbocycles. The van der Waals surface area contributed by atoms with Crippen LogP contribution in [0, 0.1) is 0 Å². The lowest BCUT2D eigenvalue weighted by Gasteiger charge is -2.28. The molecule has 1 atom stereocenters. The maximum absolute atomic E-state index is 6.14. The molecule has 17 heavy (non-hydrogen) atoms. The van der Waals surface area contributed by atoms with Gasteiger partial charge >= 0.3 is 0 Å². The molecule has 1 aromatic heterocycles. The highest BCUT2D eigenvalue weighted by Crippen LogP contribution is 2.52. The van der Waals surface area contributed by atoms with Gasteiger partial charge < -0.3 is 0 Å². The molecule has 1 fully saturated rings. The van der Waals surface area contributed by atoms with Crippen LogP contribution in [0.2, 0.25) is 5.02 Å². The Bertz CT molecular complexity index is 499. The van der Waals surface area contributed by atoms with Crippen LogP contribution >= 0.6 is 34.7 Å². The Morgan fingerprint density at radius 2 is 2.12 bits per heavy atom. The number of hydrogen-bond acceptors (Lipinski definition) is 2. The van der Waals surface area contributed by atoms with E-state index in [2.05, 4.69) is 46.8 Å². The normalized spacial score (nSPS) is 24.1. The third kappa shape index (κ3) is 2.03. The van der Waals surface area contributed by atoms with E-state index in [9.17, 15) is 0 Å². The van der Waals surface area contributed by atoms with Crippen molar-refractivity contribution in [1.29, 1.82) is 0 Å². The molecule has 0 N–H and O–H groups in total. The summed E-state index contributed by atoms with van der Waals surface area (Å²) in [6.07, 6.45) is 2.50. The first-order chi connectivity index (χ1) is 8.31. The van der Waals surface area contributed by atoms with Gasteiger partial charge in [0.2, 0.25) is 0 Å². The Hall–Kier alpha value is -0.440. The van der Waals surface area contributed by atoms with Gasteiger partial charge in [-0.25, -0.2) is 0 Å². The zero-order valence-corrected chi connectivity index (χ0v) is 11.7. The molecule has 88 valence electrons. The number of halogens is 1. The average molecular weight is 281 g/mol. The largest absolute Gasteiger partial charge is 0.152 e. The van der Waals surface area contributed by atoms with Gasteiger partial charge in [0.25, 0.3) is 0 Å². The van der Waals surface area contributed by atoms with E-state index in [1.807, 2.05) is 6.07 Å². The van der Waals surface area contributed by atoms with Crippen molar-refractivity contribution >= 4 is 34.7 Å². The molecule has 1 aliphatic heterocycles. The van der Waals surface area contributed by atoms with Crippen LogP contribution < -0.4 is 0 Å². The molecule has 2 aromatic rings. The van der Waals surface area contributed by atoms with Crippen LogP contribution in [0.15, 0.2) is 41.1 Å². The molecule has 2 heterocycles. The van der Waals surface area contributed by atoms with Crippen LogP contribution in [-0.4, -0.2) is 5.75 Å². The first-order valence-electron chi connectivity index (χ1n) is 5.74. The second kappa shape index (κ2) is 4.68. The Morgan fingerprint density at radius 1 is 1.18 bits per heavy atom. The summed E-state index contributed by atoms with van der Waals surface area (Å²) in [6.45, 7) is 0. The maximum Gasteiger partial charge on any atom is 0.0665 e. The SMILES string of the molecule is Clc1cccc([C@]2(c3ccsc3)CCCS2)c1. The lowest BCUT2D eigenvalue weighted by molar-refractivity contribution is 0.688. The molecule has 0 nitrogen and oxygen atoms in total. The molecule has 1 saturated heterocycles. The van der Waals surface area contributed by atoms with E-state index in [4.69, 9.17) is 11.6 Å². The summed E-state index contributed by atoms with van der Waals surface area (Å²) >= 11 is 9.97. The molecule has 3 rings (SSSR count). The minimum absolute atomic E-state index is 0.144. The van der Waals surface area contributed by atoms with Crippen molar-refractivity contribution in [1.82, 2.24) is 0 Å². The van der Waals surface area contributed by atoms with Gasteiger partial charge in [-0.15, -0.1) is 11.8 Å². The molecule has 0 amide bonds. The maximum atomic E-state index is 6.14. The van der Waals surface area contributed by atoms with Gasteiger partial charge in [-0.2, -0.15) is 11.3 Å². The zero-order valence-electron chi connectivity index (χ0n) is 9.36. The number of thioether (sulfide) groups is 1. The zero-order chi connectivity index (χ0) is 11.7. The molecule has 1 aliphatic rings. The fraction of sp³-hybridized carbons (Fsp3) is 0.286. The van der Waals surface area contributed by atoms with E-state index in [1.165, 1.54) is 29.7 Å². The van der Waals surface area contributed by atoms with Gasteiger partial charge in [0, 0.05) is 5.02 Å². The lowest BCUT2D eigenvalue weighted by Crippen LogP contribution is -2.19. The standard InChI is InChI=1S/C14H13ClS2/c15-13-4-1-3-11(9-13)14(6-2-7-17-14)12-5-8-16-10-12/h1,3-5,8-10H,2,6-7H2/t14-/m0/s1. The van der Waals surface area contributed by atoms with Gasteiger partial charge in [-0.3, -0.25) is 0 Å². The van der Waals surface area contributed by atoms with Crippen molar-refractivity contribution in [2.24, 2.45) is 0 Å². The molecule has 0 saturated carbocycles. The molecule has 0 radical (unpaired) electrons. The van der Waals surface area contributed by atoms with Gasteiger partial charge in [0.1, 0.15) is 0 Å². The van der Waals surface area contributed by atoms with Crippen molar-refractivity contribution in [3.63, 3.8) is 0 Å². The Balaban J connectivity index is 2.12. The van der Waals surface area contributed by atoms with Crippen LogP contribution in [-0.2, 0) is 4.75 Å². The van der Waals surface area contributed by atoms with Crippen molar-refractivity contribution < 1.29 is 0 Å². The minimum Gasteiger partial charge on any atom is -0.152 e. The fourth-order valence-electron chi connectivity index (χ4n) is 2.50. The topological polar surface area (TPSA) is 0 Å². The Labute approximate surface area is 115 Å². The second-order valence-electron chi connectivity index (χ2n) is 4.30. The fourth-order valence-corrected chi connectivity index (χ4v) is 5.00. The van der Waals surface area contributed by atoms with E-state index in [0.29, 0.717) is 0 Å². The molecular weight excluding hydrogens is 268 g/mol. The van der Waals surface area contributed by atoms with Gasteiger partial charge in [0.15, 0.2) is 0 Å². The van der Waals surface area contributed by atoms with E-state index in [0.717, 1.165) is 5.02 Å². The van der Waals surface area contributed by atoms with E-state index < -0.39 is 0 Å². The van der Waals surface area contributed by atoms with Crippen molar-refractivity contribution in [2.45, 2.75) is 17.6 Å². The van der Waals surface area contributed by atoms with Gasteiger partial charge in [-0.05, 0) is 58.7 Å². The molecule has 0 unspecified atom stereocenters. The predicted octanol–water partition coefficient (Wildman–Crippen LogP) is 5.17. The molecule has 1 aromatic carbocycles. The van der Waals surface area contributed by atoms with Crippen molar-refractivity contribution in [3.05, 3.63) is 57.2 Å². The third-order valence-corrected chi connectivity index (χ3v) is 5.88. The van der Waals surface area contributed by atoms with E-state index in [-0.39, 0.29) is 4.75 Å². The lowest BCUT2D eigenvalue weighted by atomic mass is 9.88. The highest BCUT2D eigenvalue weighted by atomic mass is 35.5. The summed E-state index contributed by atoms with van der Waals surface area (Å²) in [6, 6.07) is 10.6. The summed E-state index contributed by atoms with van der Waals surface area (Å²) in [5.74, 6) is 1.24. The summed E-state index contributed by atoms with van der Waals surface area (Å²) in [5.41, 5.74) is 2.79. The Kier molecular flexibility index (Phi) is 3.20. The van der Waals surface area contributed by atoms with E-state index in [1.54, 1.807) is 11.3 Å². The quantitative estimate of drug-likeness (QED) is 0.731. The summed E-state index contributed by atoms with van der Waals surface area (Å²) < 4.78 is 0.144. The van der Waals surface area contributed by atoms with Crippen molar-refractivity contribution in [2.75, 3.05) is 5.75 Å². The van der Waals surface area contributed by atoms with Crippen LogP contribution in [0.4, 0.5) is 0 Å². The monoisotopic (exact) mass is 280 g/mol. The summed E-state index contributed by atoms with van der Waals surface area (Å²) in [7, 11) is 0. The highest BCUT2D eigenvalue weighted by molar-refractivity contribution is 8.00. The molecular formula is C14H13ClS2. The Morgan fingerprint density at radius 3 is 2.76 bits per heavy atom. The number of thiophene rings is 1. The second-order valence-corrected chi connectivity index (χ2v) is 6.91. The minimum atomic E-state index is 0.144. The summed E-state index contributed by atoms with van der Waals surface area (Å²) in [5, 5.41) is 5.28. The smallest absolute Gasteiger partial charge is 0.0665 e. The first-order valence-corrected chi connectivity index (χ1v) is 8.05. The number of rotatable bonds is 2. The van der Waals surface area contributed by atoms with Gasteiger partial charge in [0.05, 0.1) is 4.75 Å². The van der Waals surface area contributed by atoms with Crippen molar-refractivity contribution in [3.8, 4) is 0 Å². The third-order valence-electron chi connectivity index (χ3n) is 3.30. The predicted molar refractivity (Wildman–Crippen MR) is 78.2 cm³/mol. The average Bonchev–Trinajstić information content (AvgIpc) is 3.01. The highest BCUT2D eigenvalue weighted by Gasteiger charge is 2.38. The van der Waals surface area contributed by atoms with Crippen LogP contribution in [0.25, 0.3) is 0 Å². The number of hydrogen-bond donors (Lipinski definition) is 0. The van der Waals surface area contributed by atoms with Gasteiger partial charge in [-0.1, -0.05) is 23.7 Å². The molecule has 0 spiro atoms. The van der Waals surface area contributed by atoms with Crippen LogP contribution in [0.5, 0.6) is 0 Å². The number of benzene rings is 1. The van der Waals surface area contributed by atoms with Crippen LogP contribution in [0.3, 0.4) is 0 Å². The van der Waals surface area contributed by atoms with Crippen LogP contribution in [0.1, 0.15) is 24.0 Å². The summed E-state index contributed by atoms with van der Waals surface area (Å²) in [4.78, 5) is 0.